The molecule has 0 bridgehead atoms. The fourth-order valence-corrected chi connectivity index (χ4v) is 4.23. The number of aryl methyl sites for hydroxylation is 2. The maximum Gasteiger partial charge on any atom is 0.230 e. The minimum absolute atomic E-state index is 0.0124. The van der Waals surface area contributed by atoms with E-state index < -0.39 is 9.84 Å². The van der Waals surface area contributed by atoms with E-state index in [2.05, 4.69) is 5.32 Å². The lowest BCUT2D eigenvalue weighted by atomic mass is 10.2. The van der Waals surface area contributed by atoms with Crippen LogP contribution in [0.1, 0.15) is 11.3 Å². The first kappa shape index (κ1) is 17.2. The average Bonchev–Trinajstić information content (AvgIpc) is 2.82. The van der Waals surface area contributed by atoms with Crippen molar-refractivity contribution in [2.75, 3.05) is 11.6 Å². The van der Waals surface area contributed by atoms with Crippen molar-refractivity contribution in [1.29, 1.82) is 0 Å². The number of sulfone groups is 1. The van der Waals surface area contributed by atoms with E-state index in [1.165, 1.54) is 6.26 Å². The van der Waals surface area contributed by atoms with E-state index in [4.69, 9.17) is 0 Å². The number of nitrogens with zero attached hydrogens (tertiary/aromatic N) is 1. The van der Waals surface area contributed by atoms with Crippen LogP contribution in [0.25, 0.3) is 10.9 Å². The topological polar surface area (TPSA) is 68.2 Å². The van der Waals surface area contributed by atoms with Crippen LogP contribution < -0.4 is 5.32 Å². The normalized spacial score (nSPS) is 11.6. The van der Waals surface area contributed by atoms with Crippen LogP contribution in [0.15, 0.2) is 53.4 Å². The maximum atomic E-state index is 12.5. The lowest BCUT2D eigenvalue weighted by molar-refractivity contribution is -0.115. The molecule has 6 heteroatoms. The van der Waals surface area contributed by atoms with E-state index in [-0.39, 0.29) is 17.2 Å². The summed E-state index contributed by atoms with van der Waals surface area (Å²) in [7, 11) is -1.68. The number of carbonyl (C=O) groups excluding carboxylic acids is 1. The van der Waals surface area contributed by atoms with Gasteiger partial charge in [-0.05, 0) is 25.1 Å². The molecule has 130 valence electrons. The highest BCUT2D eigenvalue weighted by atomic mass is 32.2. The third kappa shape index (κ3) is 3.44. The number of para-hydroxylation sites is 1. The summed E-state index contributed by atoms with van der Waals surface area (Å²) >= 11 is 0. The fraction of sp³-hybridized carbons (Fsp3) is 0.211. The second-order valence-corrected chi connectivity index (χ2v) is 8.17. The summed E-state index contributed by atoms with van der Waals surface area (Å²) in [5.74, 6) is -0.250. The number of anilines is 1. The standard InChI is InChI=1S/C19H20N2O3S/c1-13-8-10-14(11-9-13)20-18(22)12-17-19(25(3,23)24)15-6-4-5-7-16(15)21(17)2/h4-11H,12H2,1-3H3,(H,20,22). The van der Waals surface area contributed by atoms with Gasteiger partial charge in [0, 0.05) is 35.6 Å². The Morgan fingerprint density at radius 2 is 1.72 bits per heavy atom. The van der Waals surface area contributed by atoms with Crippen LogP contribution in [0.5, 0.6) is 0 Å². The highest BCUT2D eigenvalue weighted by Crippen LogP contribution is 2.30. The van der Waals surface area contributed by atoms with Gasteiger partial charge in [-0.3, -0.25) is 4.79 Å². The second-order valence-electron chi connectivity index (χ2n) is 6.22. The predicted molar refractivity (Wildman–Crippen MR) is 99.5 cm³/mol. The van der Waals surface area contributed by atoms with Crippen LogP contribution in [0.3, 0.4) is 0 Å². The van der Waals surface area contributed by atoms with Gasteiger partial charge in [-0.15, -0.1) is 0 Å². The summed E-state index contributed by atoms with van der Waals surface area (Å²) in [6.45, 7) is 1.97. The Balaban J connectivity index is 1.99. The molecule has 0 saturated carbocycles. The smallest absolute Gasteiger partial charge is 0.230 e. The Labute approximate surface area is 147 Å². The summed E-state index contributed by atoms with van der Waals surface area (Å²) in [4.78, 5) is 12.7. The van der Waals surface area contributed by atoms with Crippen molar-refractivity contribution in [3.05, 3.63) is 59.8 Å². The number of amides is 1. The predicted octanol–water partition coefficient (Wildman–Crippen LogP) is 3.07. The molecule has 0 aliphatic carbocycles. The van der Waals surface area contributed by atoms with Gasteiger partial charge in [0.2, 0.25) is 5.91 Å². The molecular weight excluding hydrogens is 336 g/mol. The van der Waals surface area contributed by atoms with Crippen molar-refractivity contribution >= 4 is 32.3 Å². The van der Waals surface area contributed by atoms with Gasteiger partial charge < -0.3 is 9.88 Å². The Kier molecular flexibility index (Phi) is 4.39. The molecule has 3 aromatic rings. The summed E-state index contributed by atoms with van der Waals surface area (Å²) in [6, 6.07) is 14.7. The number of benzene rings is 2. The zero-order valence-corrected chi connectivity index (χ0v) is 15.2. The molecule has 25 heavy (non-hydrogen) atoms. The molecule has 1 heterocycles. The molecule has 5 nitrogen and oxygen atoms in total. The molecule has 0 aliphatic rings. The summed E-state index contributed by atoms with van der Waals surface area (Å²) in [5.41, 5.74) is 3.08. The van der Waals surface area contributed by atoms with Crippen molar-refractivity contribution in [3.63, 3.8) is 0 Å². The molecule has 0 radical (unpaired) electrons. The van der Waals surface area contributed by atoms with E-state index >= 15 is 0 Å². The highest BCUT2D eigenvalue weighted by Gasteiger charge is 2.24. The fourth-order valence-electron chi connectivity index (χ4n) is 3.02. The van der Waals surface area contributed by atoms with Crippen LogP contribution in [0.2, 0.25) is 0 Å². The molecule has 0 spiro atoms. The van der Waals surface area contributed by atoms with E-state index in [9.17, 15) is 13.2 Å². The molecule has 0 atom stereocenters. The van der Waals surface area contributed by atoms with Crippen molar-refractivity contribution in [2.24, 2.45) is 7.05 Å². The Hall–Kier alpha value is -2.60. The van der Waals surface area contributed by atoms with Crippen molar-refractivity contribution in [2.45, 2.75) is 18.2 Å². The van der Waals surface area contributed by atoms with E-state index in [0.29, 0.717) is 16.8 Å². The van der Waals surface area contributed by atoms with Crippen LogP contribution in [0, 0.1) is 6.92 Å². The van der Waals surface area contributed by atoms with Crippen molar-refractivity contribution in [1.82, 2.24) is 4.57 Å². The van der Waals surface area contributed by atoms with Crippen LogP contribution in [-0.4, -0.2) is 25.1 Å². The quantitative estimate of drug-likeness (QED) is 0.781. The summed E-state index contributed by atoms with van der Waals surface area (Å²) < 4.78 is 26.4. The van der Waals surface area contributed by atoms with E-state index in [0.717, 1.165) is 11.1 Å². The number of carbonyl (C=O) groups is 1. The van der Waals surface area contributed by atoms with Gasteiger partial charge in [-0.1, -0.05) is 35.9 Å². The van der Waals surface area contributed by atoms with E-state index in [1.54, 1.807) is 23.7 Å². The zero-order valence-electron chi connectivity index (χ0n) is 14.4. The van der Waals surface area contributed by atoms with Crippen LogP contribution >= 0.6 is 0 Å². The number of rotatable bonds is 4. The number of hydrogen-bond acceptors (Lipinski definition) is 3. The first-order valence-electron chi connectivity index (χ1n) is 7.90. The molecule has 1 N–H and O–H groups in total. The van der Waals surface area contributed by atoms with Crippen molar-refractivity contribution in [3.8, 4) is 0 Å². The molecule has 2 aromatic carbocycles. The number of hydrogen-bond donors (Lipinski definition) is 1. The molecule has 1 aromatic heterocycles. The minimum atomic E-state index is -3.46. The zero-order chi connectivity index (χ0) is 18.2. The molecule has 0 aliphatic heterocycles. The Bertz CT molecular complexity index is 1050. The van der Waals surface area contributed by atoms with Crippen molar-refractivity contribution < 1.29 is 13.2 Å². The number of nitrogens with one attached hydrogen (secondary N) is 1. The minimum Gasteiger partial charge on any atom is -0.346 e. The largest absolute Gasteiger partial charge is 0.346 e. The Morgan fingerprint density at radius 1 is 1.08 bits per heavy atom. The molecule has 1 amide bonds. The monoisotopic (exact) mass is 356 g/mol. The third-order valence-electron chi connectivity index (χ3n) is 4.21. The molecular formula is C19H20N2O3S. The average molecular weight is 356 g/mol. The van der Waals surface area contributed by atoms with Gasteiger partial charge in [-0.25, -0.2) is 8.42 Å². The summed E-state index contributed by atoms with van der Waals surface area (Å²) in [6.07, 6.45) is 1.16. The lowest BCUT2D eigenvalue weighted by Crippen LogP contribution is -2.18. The molecule has 3 rings (SSSR count). The van der Waals surface area contributed by atoms with Gasteiger partial charge in [0.25, 0.3) is 0 Å². The van der Waals surface area contributed by atoms with Gasteiger partial charge in [0.15, 0.2) is 9.84 Å². The van der Waals surface area contributed by atoms with Gasteiger partial charge in [0.1, 0.15) is 0 Å². The SMILES string of the molecule is Cc1ccc(NC(=O)Cc2c(S(C)(=O)=O)c3ccccc3n2C)cc1. The summed E-state index contributed by atoms with van der Waals surface area (Å²) in [5, 5.41) is 3.46. The van der Waals surface area contributed by atoms with Gasteiger partial charge in [0.05, 0.1) is 11.3 Å². The van der Waals surface area contributed by atoms with Crippen LogP contribution in [0.4, 0.5) is 5.69 Å². The highest BCUT2D eigenvalue weighted by molar-refractivity contribution is 7.91. The van der Waals surface area contributed by atoms with E-state index in [1.807, 2.05) is 43.3 Å². The third-order valence-corrected chi connectivity index (χ3v) is 5.41. The first-order valence-corrected chi connectivity index (χ1v) is 9.79. The second kappa shape index (κ2) is 6.37. The van der Waals surface area contributed by atoms with Gasteiger partial charge >= 0.3 is 0 Å². The number of aromatic nitrogens is 1. The molecule has 0 saturated heterocycles. The molecule has 0 unspecified atom stereocenters. The Morgan fingerprint density at radius 3 is 2.36 bits per heavy atom. The maximum absolute atomic E-state index is 12.5. The first-order chi connectivity index (χ1) is 11.8. The number of fused-ring (bicyclic) bond motifs is 1. The molecule has 0 fully saturated rings. The van der Waals surface area contributed by atoms with Crippen LogP contribution in [-0.2, 0) is 28.1 Å². The van der Waals surface area contributed by atoms with Gasteiger partial charge in [-0.2, -0.15) is 0 Å². The lowest BCUT2D eigenvalue weighted by Gasteiger charge is -2.09.